The van der Waals surface area contributed by atoms with Crippen LogP contribution in [0.2, 0.25) is 0 Å². The minimum Gasteiger partial charge on any atom is -0.355 e. The van der Waals surface area contributed by atoms with Gasteiger partial charge in [0.2, 0.25) is 0 Å². The fraction of sp³-hybridized carbons (Fsp3) is 0.333. The Morgan fingerprint density at radius 2 is 1.18 bits per heavy atom. The third-order valence-corrected chi connectivity index (χ3v) is 9.82. The number of H-pyrrole nitrogens is 2. The fourth-order valence-electron chi connectivity index (χ4n) is 7.25. The molecule has 0 amide bonds. The number of nitrogens with one attached hydrogen (secondary N) is 2. The molecule has 226 valence electrons. The molecule has 8 bridgehead atoms. The first-order chi connectivity index (χ1) is 21.2. The van der Waals surface area contributed by atoms with Gasteiger partial charge in [-0.05, 0) is 127 Å². The summed E-state index contributed by atoms with van der Waals surface area (Å²) in [6.07, 6.45) is 3.71. The summed E-state index contributed by atoms with van der Waals surface area (Å²) in [5, 5.41) is 0. The highest BCUT2D eigenvalue weighted by molar-refractivity contribution is 6.01. The number of aromatic amines is 2. The lowest BCUT2D eigenvalue weighted by Gasteiger charge is -2.09. The summed E-state index contributed by atoms with van der Waals surface area (Å²) in [4.78, 5) is 18.3. The van der Waals surface area contributed by atoms with E-state index in [1.807, 2.05) is 0 Å². The largest absolute Gasteiger partial charge is 0.355 e. The van der Waals surface area contributed by atoms with Crippen LogP contribution >= 0.6 is 0 Å². The van der Waals surface area contributed by atoms with E-state index >= 15 is 0 Å². The molecule has 0 fully saturated rings. The van der Waals surface area contributed by atoms with Gasteiger partial charge in [-0.1, -0.05) is 52.0 Å². The molecule has 0 atom stereocenters. The number of nitrogens with two attached hydrogens (primary N) is 1. The third-order valence-electron chi connectivity index (χ3n) is 9.82. The van der Waals surface area contributed by atoms with Crippen molar-refractivity contribution in [3.63, 3.8) is 0 Å². The third kappa shape index (κ3) is 4.75. The molecule has 3 aromatic heterocycles. The van der Waals surface area contributed by atoms with E-state index in [9.17, 15) is 0 Å². The molecule has 1 aromatic carbocycles. The van der Waals surface area contributed by atoms with Gasteiger partial charge in [0.15, 0.2) is 0 Å². The Morgan fingerprint density at radius 1 is 0.614 bits per heavy atom. The van der Waals surface area contributed by atoms with Crippen molar-refractivity contribution in [3.8, 4) is 11.1 Å². The number of allylic oxidation sites excluding steroid dienone is 4. The van der Waals surface area contributed by atoms with E-state index in [2.05, 4.69) is 108 Å². The Kier molecular flexibility index (Phi) is 7.93. The maximum absolute atomic E-state index is 5.99. The maximum atomic E-state index is 5.99. The van der Waals surface area contributed by atoms with Crippen LogP contribution in [0.5, 0.6) is 0 Å². The molecule has 0 aliphatic carbocycles. The topological polar surface area (TPSA) is 83.4 Å². The van der Waals surface area contributed by atoms with Crippen LogP contribution in [0.3, 0.4) is 0 Å². The number of hydrogen-bond acceptors (Lipinski definition) is 3. The van der Waals surface area contributed by atoms with E-state index in [0.29, 0.717) is 6.54 Å². The van der Waals surface area contributed by atoms with Gasteiger partial charge in [-0.3, -0.25) is 0 Å². The predicted octanol–water partition coefficient (Wildman–Crippen LogP) is 9.86. The van der Waals surface area contributed by atoms with Crippen molar-refractivity contribution in [3.05, 3.63) is 93.1 Å². The van der Waals surface area contributed by atoms with Gasteiger partial charge in [0.1, 0.15) is 0 Å². The molecular weight excluding hydrogens is 538 g/mol. The Balaban J connectivity index is 1.87. The molecular formula is C39H45N5. The smallest absolute Gasteiger partial charge is 0.0769 e. The molecule has 2 aliphatic heterocycles. The monoisotopic (exact) mass is 583 g/mol. The van der Waals surface area contributed by atoms with Crippen molar-refractivity contribution < 1.29 is 0 Å². The van der Waals surface area contributed by atoms with Crippen LogP contribution in [0.25, 0.3) is 55.5 Å². The number of rotatable bonds is 6. The first kappa shape index (κ1) is 29.8. The second-order valence-corrected chi connectivity index (χ2v) is 12.1. The van der Waals surface area contributed by atoms with Gasteiger partial charge in [-0.25, -0.2) is 9.97 Å². The highest BCUT2D eigenvalue weighted by Gasteiger charge is 2.23. The average Bonchev–Trinajstić information content (AvgIpc) is 3.70. The summed E-state index contributed by atoms with van der Waals surface area (Å²) in [7, 11) is 0. The van der Waals surface area contributed by atoms with Crippen LogP contribution in [-0.2, 0) is 19.4 Å². The lowest BCUT2D eigenvalue weighted by molar-refractivity contribution is 1.07. The second kappa shape index (κ2) is 11.7. The minimum absolute atomic E-state index is 0.519. The summed E-state index contributed by atoms with van der Waals surface area (Å²) in [6.45, 7) is 18.4. The van der Waals surface area contributed by atoms with Gasteiger partial charge in [-0.15, -0.1) is 0 Å². The van der Waals surface area contributed by atoms with Crippen LogP contribution in [0, 0.1) is 13.8 Å². The Bertz CT molecular complexity index is 2010. The number of benzene rings is 1. The molecule has 4 N–H and O–H groups in total. The lowest BCUT2D eigenvalue weighted by atomic mass is 9.95. The number of aryl methyl sites for hydroxylation is 4. The van der Waals surface area contributed by atoms with Gasteiger partial charge in [0.05, 0.1) is 28.3 Å². The van der Waals surface area contributed by atoms with Crippen molar-refractivity contribution in [2.24, 2.45) is 5.73 Å². The molecule has 0 unspecified atom stereocenters. The summed E-state index contributed by atoms with van der Waals surface area (Å²) in [5.74, 6) is 0. The molecule has 6 rings (SSSR count). The maximum Gasteiger partial charge on any atom is 0.0769 e. The summed E-state index contributed by atoms with van der Waals surface area (Å²) in [5.41, 5.74) is 28.3. The highest BCUT2D eigenvalue weighted by Crippen LogP contribution is 2.41. The fourth-order valence-corrected chi connectivity index (χ4v) is 7.25. The van der Waals surface area contributed by atoms with E-state index in [0.717, 1.165) is 87.2 Å². The number of hydrogen-bond donors (Lipinski definition) is 3. The van der Waals surface area contributed by atoms with Crippen molar-refractivity contribution in [1.29, 1.82) is 0 Å². The second-order valence-electron chi connectivity index (χ2n) is 12.1. The lowest BCUT2D eigenvalue weighted by Crippen LogP contribution is -1.96. The van der Waals surface area contributed by atoms with E-state index < -0.39 is 0 Å². The zero-order chi connectivity index (χ0) is 31.3. The number of aromatic nitrogens is 4. The minimum atomic E-state index is 0.519. The van der Waals surface area contributed by atoms with E-state index in [1.165, 1.54) is 44.5 Å². The van der Waals surface area contributed by atoms with Crippen LogP contribution in [0.1, 0.15) is 105 Å². The van der Waals surface area contributed by atoms with Crippen LogP contribution < -0.4 is 5.73 Å². The molecule has 0 spiro atoms. The standard InChI is InChI=1S/C39H45N5/c1-9-27-21(5)31-17-35-29(11-3)23(7)38(43-35)37(26-15-13-25(20-40)14-16-26)39-24(8)30(12-4)36(44-39)18-32-22(6)28(10-2)34(42-32)19-33(27)41-31/h13-19,41,44H,9-12,20,40H2,1-8H3. The van der Waals surface area contributed by atoms with Crippen molar-refractivity contribution >= 4 is 44.4 Å². The molecule has 0 saturated carbocycles. The quantitative estimate of drug-likeness (QED) is 0.211. The number of fused-ring (bicyclic) bond motifs is 8. The predicted molar refractivity (Wildman–Crippen MR) is 188 cm³/mol. The average molecular weight is 584 g/mol. The van der Waals surface area contributed by atoms with Gasteiger partial charge < -0.3 is 15.7 Å². The zero-order valence-electron chi connectivity index (χ0n) is 27.5. The molecule has 5 heterocycles. The molecule has 0 saturated heterocycles. The van der Waals surface area contributed by atoms with Gasteiger partial charge >= 0.3 is 0 Å². The SMILES string of the molecule is CCC1=C(C)c2cc3[nH]c(c(C)c3CC)c(-c3ccc(CN)cc3)c3nc(cc4[nH]c(cc1n2)c(CC)c4C)C(CC)=C3C. The molecule has 5 nitrogen and oxygen atoms in total. The number of nitrogens with zero attached hydrogens (tertiary/aromatic N) is 2. The van der Waals surface area contributed by atoms with E-state index in [-0.39, 0.29) is 0 Å². The van der Waals surface area contributed by atoms with Gasteiger partial charge in [0.25, 0.3) is 0 Å². The molecule has 4 aromatic rings. The molecule has 5 heteroatoms. The summed E-state index contributed by atoms with van der Waals surface area (Å²) in [6, 6.07) is 15.4. The summed E-state index contributed by atoms with van der Waals surface area (Å²) >= 11 is 0. The van der Waals surface area contributed by atoms with Crippen LogP contribution in [-0.4, -0.2) is 19.9 Å². The van der Waals surface area contributed by atoms with Crippen molar-refractivity contribution in [2.45, 2.75) is 87.6 Å². The molecule has 2 aliphatic rings. The summed E-state index contributed by atoms with van der Waals surface area (Å²) < 4.78 is 0. The van der Waals surface area contributed by atoms with Crippen LogP contribution in [0.4, 0.5) is 0 Å². The van der Waals surface area contributed by atoms with E-state index in [1.54, 1.807) is 0 Å². The van der Waals surface area contributed by atoms with Crippen molar-refractivity contribution in [2.75, 3.05) is 0 Å². The molecule has 0 radical (unpaired) electrons. The van der Waals surface area contributed by atoms with E-state index in [4.69, 9.17) is 15.7 Å². The van der Waals surface area contributed by atoms with Crippen molar-refractivity contribution in [1.82, 2.24) is 19.9 Å². The van der Waals surface area contributed by atoms with Crippen LogP contribution in [0.15, 0.2) is 42.5 Å². The Hall–Kier alpha value is -4.22. The van der Waals surface area contributed by atoms with Gasteiger partial charge in [-0.2, -0.15) is 0 Å². The first-order valence-corrected chi connectivity index (χ1v) is 16.2. The zero-order valence-corrected chi connectivity index (χ0v) is 27.5. The van der Waals surface area contributed by atoms with Gasteiger partial charge in [0, 0.05) is 28.7 Å². The Labute approximate surface area is 261 Å². The first-order valence-electron chi connectivity index (χ1n) is 16.2. The normalized spacial score (nSPS) is 13.4. The Morgan fingerprint density at radius 3 is 1.82 bits per heavy atom. The molecule has 44 heavy (non-hydrogen) atoms. The highest BCUT2D eigenvalue weighted by atomic mass is 14.8.